The largest absolute Gasteiger partial charge is 0.465 e. The van der Waals surface area contributed by atoms with Gasteiger partial charge in [-0.05, 0) is 0 Å². The van der Waals surface area contributed by atoms with E-state index in [4.69, 9.17) is 0 Å². The monoisotopic (exact) mass is 237 g/mol. The second-order valence-corrected chi connectivity index (χ2v) is 3.69. The van der Waals surface area contributed by atoms with Crippen LogP contribution in [0.25, 0.3) is 0 Å². The van der Waals surface area contributed by atoms with E-state index in [1.54, 1.807) is 7.05 Å². The number of aromatic nitrogens is 2. The summed E-state index contributed by atoms with van der Waals surface area (Å²) in [5.41, 5.74) is 0.179. The zero-order chi connectivity index (χ0) is 12.6. The first-order valence-electron chi connectivity index (χ1n) is 4.97. The van der Waals surface area contributed by atoms with Crippen molar-refractivity contribution in [2.45, 2.75) is 6.42 Å². The Morgan fingerprint density at radius 3 is 2.71 bits per heavy atom. The first kappa shape index (κ1) is 11.3. The summed E-state index contributed by atoms with van der Waals surface area (Å²) in [5, 5.41) is 3.90. The second kappa shape index (κ2) is 4.00. The number of aryl methyl sites for hydroxylation is 1. The summed E-state index contributed by atoms with van der Waals surface area (Å²) in [7, 11) is 2.84. The third-order valence-corrected chi connectivity index (χ3v) is 2.55. The summed E-state index contributed by atoms with van der Waals surface area (Å²) in [6, 6.07) is 0. The van der Waals surface area contributed by atoms with Crippen molar-refractivity contribution in [3.05, 3.63) is 11.8 Å². The van der Waals surface area contributed by atoms with Gasteiger partial charge < -0.3 is 4.74 Å². The number of anilines is 1. The molecule has 1 amide bonds. The number of amides is 1. The third kappa shape index (κ3) is 1.79. The van der Waals surface area contributed by atoms with Crippen LogP contribution in [0.4, 0.5) is 5.82 Å². The second-order valence-electron chi connectivity index (χ2n) is 3.69. The molecule has 7 nitrogen and oxygen atoms in total. The van der Waals surface area contributed by atoms with Crippen LogP contribution in [0.5, 0.6) is 0 Å². The molecule has 0 bridgehead atoms. The highest BCUT2D eigenvalue weighted by molar-refractivity contribution is 6.16. The van der Waals surface area contributed by atoms with Gasteiger partial charge in [-0.2, -0.15) is 5.10 Å². The average Bonchev–Trinajstić information content (AvgIpc) is 2.80. The molecule has 0 spiro atoms. The Morgan fingerprint density at radius 2 is 2.18 bits per heavy atom. The molecule has 1 fully saturated rings. The zero-order valence-electron chi connectivity index (χ0n) is 9.47. The maximum absolute atomic E-state index is 11.6. The fraction of sp³-hybridized carbons (Fsp3) is 0.400. The third-order valence-electron chi connectivity index (χ3n) is 2.55. The van der Waals surface area contributed by atoms with Crippen LogP contribution in [0.2, 0.25) is 0 Å². The number of hydrogen-bond acceptors (Lipinski definition) is 5. The van der Waals surface area contributed by atoms with Crippen molar-refractivity contribution in [3.8, 4) is 0 Å². The molecular formula is C10H11N3O4. The van der Waals surface area contributed by atoms with Crippen molar-refractivity contribution in [3.63, 3.8) is 0 Å². The van der Waals surface area contributed by atoms with Crippen molar-refractivity contribution in [2.75, 3.05) is 18.6 Å². The Morgan fingerprint density at radius 1 is 1.47 bits per heavy atom. The summed E-state index contributed by atoms with van der Waals surface area (Å²) in [6.45, 7) is -0.0254. The lowest BCUT2D eigenvalue weighted by Crippen LogP contribution is -2.28. The van der Waals surface area contributed by atoms with Crippen LogP contribution in [-0.2, 0) is 21.4 Å². The number of ketones is 1. The number of carbonyl (C=O) groups excluding carboxylic acids is 3. The minimum atomic E-state index is -0.583. The molecule has 90 valence electrons. The summed E-state index contributed by atoms with van der Waals surface area (Å²) in [4.78, 5) is 35.6. The van der Waals surface area contributed by atoms with Gasteiger partial charge in [0.2, 0.25) is 5.91 Å². The van der Waals surface area contributed by atoms with Crippen molar-refractivity contribution < 1.29 is 19.1 Å². The number of Topliss-reactive ketones (excluding diaryl/α,β-unsaturated/α-hetero) is 1. The van der Waals surface area contributed by atoms with E-state index in [2.05, 4.69) is 9.84 Å². The molecule has 0 saturated carbocycles. The van der Waals surface area contributed by atoms with Crippen LogP contribution < -0.4 is 4.90 Å². The van der Waals surface area contributed by atoms with Gasteiger partial charge >= 0.3 is 5.97 Å². The molecule has 1 aromatic rings. The van der Waals surface area contributed by atoms with E-state index in [1.807, 2.05) is 0 Å². The molecule has 1 aliphatic heterocycles. The smallest absolute Gasteiger partial charge is 0.343 e. The van der Waals surface area contributed by atoms with Gasteiger partial charge in [-0.3, -0.25) is 19.2 Å². The van der Waals surface area contributed by atoms with Gasteiger partial charge in [0, 0.05) is 7.05 Å². The fourth-order valence-corrected chi connectivity index (χ4v) is 1.78. The summed E-state index contributed by atoms with van der Waals surface area (Å²) >= 11 is 0. The Bertz CT molecular complexity index is 506. The predicted octanol–water partition coefficient (Wildman–Crippen LogP) is -0.488. The normalized spacial score (nSPS) is 15.5. The molecule has 0 radical (unpaired) electrons. The summed E-state index contributed by atoms with van der Waals surface area (Å²) < 4.78 is 5.97. The molecule has 0 N–H and O–H groups in total. The molecule has 2 rings (SSSR count). The minimum Gasteiger partial charge on any atom is -0.465 e. The molecule has 0 aromatic carbocycles. The fourth-order valence-electron chi connectivity index (χ4n) is 1.78. The van der Waals surface area contributed by atoms with E-state index < -0.39 is 5.97 Å². The number of nitrogens with zero attached hydrogens (tertiary/aromatic N) is 3. The summed E-state index contributed by atoms with van der Waals surface area (Å²) in [6.07, 6.45) is 1.18. The molecule has 0 atom stereocenters. The van der Waals surface area contributed by atoms with Crippen molar-refractivity contribution in [1.29, 1.82) is 0 Å². The van der Waals surface area contributed by atoms with Crippen molar-refractivity contribution in [2.24, 2.45) is 7.05 Å². The maximum atomic E-state index is 11.6. The van der Waals surface area contributed by atoms with Gasteiger partial charge in [0.25, 0.3) is 0 Å². The molecular weight excluding hydrogens is 226 g/mol. The van der Waals surface area contributed by atoms with Gasteiger partial charge in [0.1, 0.15) is 11.4 Å². The van der Waals surface area contributed by atoms with Crippen LogP contribution in [0.15, 0.2) is 6.20 Å². The number of esters is 1. The minimum absolute atomic E-state index is 0.0254. The van der Waals surface area contributed by atoms with Crippen LogP contribution in [0.1, 0.15) is 16.8 Å². The molecule has 1 saturated heterocycles. The van der Waals surface area contributed by atoms with E-state index in [0.29, 0.717) is 5.82 Å². The first-order valence-corrected chi connectivity index (χ1v) is 4.97. The van der Waals surface area contributed by atoms with E-state index >= 15 is 0 Å². The highest BCUT2D eigenvalue weighted by atomic mass is 16.5. The SMILES string of the molecule is COC(=O)c1cnn(C)c1N1CC(=O)CC1=O. The molecule has 7 heteroatoms. The molecule has 1 aromatic heterocycles. The van der Waals surface area contributed by atoms with E-state index in [-0.39, 0.29) is 30.2 Å². The zero-order valence-corrected chi connectivity index (χ0v) is 9.47. The van der Waals surface area contributed by atoms with E-state index in [0.717, 1.165) is 0 Å². The van der Waals surface area contributed by atoms with Crippen molar-refractivity contribution >= 4 is 23.5 Å². The number of ether oxygens (including phenoxy) is 1. The Balaban J connectivity index is 2.44. The lowest BCUT2D eigenvalue weighted by atomic mass is 10.3. The standard InChI is InChI=1S/C10H11N3O4/c1-12-9(7(4-11-12)10(16)17-2)13-5-6(14)3-8(13)15/h4H,3,5H2,1-2H3. The van der Waals surface area contributed by atoms with Gasteiger partial charge in [-0.15, -0.1) is 0 Å². The van der Waals surface area contributed by atoms with Crippen LogP contribution in [-0.4, -0.2) is 41.1 Å². The molecule has 1 aliphatic rings. The molecule has 0 aliphatic carbocycles. The van der Waals surface area contributed by atoms with Crippen LogP contribution >= 0.6 is 0 Å². The lowest BCUT2D eigenvalue weighted by Gasteiger charge is -2.15. The van der Waals surface area contributed by atoms with Crippen LogP contribution in [0.3, 0.4) is 0 Å². The van der Waals surface area contributed by atoms with Gasteiger partial charge in [0.05, 0.1) is 26.3 Å². The number of hydrogen-bond donors (Lipinski definition) is 0. The van der Waals surface area contributed by atoms with Gasteiger partial charge in [-0.25, -0.2) is 4.79 Å². The van der Waals surface area contributed by atoms with E-state index in [1.165, 1.54) is 22.9 Å². The summed E-state index contributed by atoms with van der Waals surface area (Å²) in [5.74, 6) is -0.788. The topological polar surface area (TPSA) is 81.5 Å². The average molecular weight is 237 g/mol. The quantitative estimate of drug-likeness (QED) is 0.512. The molecule has 0 unspecified atom stereocenters. The molecule has 2 heterocycles. The highest BCUT2D eigenvalue weighted by Gasteiger charge is 2.33. The van der Waals surface area contributed by atoms with Gasteiger partial charge in [0.15, 0.2) is 5.78 Å². The Hall–Kier alpha value is -2.18. The first-order chi connectivity index (χ1) is 8.04. The number of methoxy groups -OCH3 is 1. The Labute approximate surface area is 96.9 Å². The Kier molecular flexibility index (Phi) is 2.66. The number of rotatable bonds is 2. The van der Waals surface area contributed by atoms with E-state index in [9.17, 15) is 14.4 Å². The van der Waals surface area contributed by atoms with Crippen molar-refractivity contribution in [1.82, 2.24) is 9.78 Å². The highest BCUT2D eigenvalue weighted by Crippen LogP contribution is 2.24. The maximum Gasteiger partial charge on any atom is 0.343 e. The van der Waals surface area contributed by atoms with Gasteiger partial charge in [-0.1, -0.05) is 0 Å². The predicted molar refractivity (Wildman–Crippen MR) is 56.5 cm³/mol. The number of carbonyl (C=O) groups is 3. The molecule has 17 heavy (non-hydrogen) atoms. The van der Waals surface area contributed by atoms with Crippen LogP contribution in [0, 0.1) is 0 Å². The lowest BCUT2D eigenvalue weighted by molar-refractivity contribution is -0.121.